The fourth-order valence-electron chi connectivity index (χ4n) is 2.13. The van der Waals surface area contributed by atoms with Gasteiger partial charge in [-0.05, 0) is 52.9 Å². The van der Waals surface area contributed by atoms with Crippen molar-refractivity contribution < 1.29 is 14.3 Å². The molecular formula is C21H16N2O3S. The van der Waals surface area contributed by atoms with Crippen molar-refractivity contribution in [2.75, 3.05) is 0 Å². The summed E-state index contributed by atoms with van der Waals surface area (Å²) in [4.78, 5) is 24.2. The topological polar surface area (TPSA) is 67.8 Å². The van der Waals surface area contributed by atoms with Gasteiger partial charge in [-0.25, -0.2) is 10.2 Å². The summed E-state index contributed by atoms with van der Waals surface area (Å²) in [6.45, 7) is 0. The zero-order chi connectivity index (χ0) is 18.9. The maximum Gasteiger partial charge on any atom is 0.336 e. The van der Waals surface area contributed by atoms with Crippen molar-refractivity contribution in [1.82, 2.24) is 5.43 Å². The molecule has 1 aromatic heterocycles. The van der Waals surface area contributed by atoms with Crippen LogP contribution in [0.2, 0.25) is 0 Å². The van der Waals surface area contributed by atoms with E-state index in [1.54, 1.807) is 42.5 Å². The Morgan fingerprint density at radius 3 is 2.41 bits per heavy atom. The fourth-order valence-corrected chi connectivity index (χ4v) is 2.74. The number of hydrazone groups is 1. The van der Waals surface area contributed by atoms with Crippen molar-refractivity contribution in [1.29, 1.82) is 0 Å². The van der Waals surface area contributed by atoms with Crippen molar-refractivity contribution in [3.05, 3.63) is 94.2 Å². The quantitative estimate of drug-likeness (QED) is 0.231. The Kier molecular flexibility index (Phi) is 6.27. The number of carbonyl (C=O) groups is 2. The molecule has 0 saturated carbocycles. The third-order valence-corrected chi connectivity index (χ3v) is 4.30. The molecule has 0 bridgehead atoms. The Hall–Kier alpha value is -3.51. The second kappa shape index (κ2) is 9.26. The molecule has 27 heavy (non-hydrogen) atoms. The summed E-state index contributed by atoms with van der Waals surface area (Å²) in [5.41, 5.74) is 4.15. The van der Waals surface area contributed by atoms with E-state index in [0.29, 0.717) is 10.6 Å². The maximum atomic E-state index is 11.8. The van der Waals surface area contributed by atoms with E-state index >= 15 is 0 Å². The Bertz CT molecular complexity index is 947. The molecule has 2 aromatic carbocycles. The number of amides is 1. The molecule has 3 aromatic rings. The number of nitrogens with zero attached hydrogens (tertiary/aromatic N) is 1. The van der Waals surface area contributed by atoms with Gasteiger partial charge >= 0.3 is 5.97 Å². The highest BCUT2D eigenvalue weighted by Crippen LogP contribution is 2.12. The van der Waals surface area contributed by atoms with Crippen LogP contribution < -0.4 is 10.2 Å². The SMILES string of the molecule is O=C(/C=C/c1ccccc1)Oc1ccc(/C=N\NC(=O)c2cccs2)cc1. The molecule has 0 radical (unpaired) electrons. The van der Waals surface area contributed by atoms with Gasteiger partial charge in [0.15, 0.2) is 0 Å². The second-order valence-electron chi connectivity index (χ2n) is 5.41. The molecule has 0 fully saturated rings. The number of esters is 1. The van der Waals surface area contributed by atoms with E-state index in [2.05, 4.69) is 10.5 Å². The molecule has 1 N–H and O–H groups in total. The zero-order valence-electron chi connectivity index (χ0n) is 14.2. The number of carbonyl (C=O) groups excluding carboxylic acids is 2. The van der Waals surface area contributed by atoms with Gasteiger partial charge in [-0.1, -0.05) is 36.4 Å². The molecule has 134 valence electrons. The summed E-state index contributed by atoms with van der Waals surface area (Å²) in [6.07, 6.45) is 4.59. The maximum absolute atomic E-state index is 11.8. The molecule has 0 unspecified atom stereocenters. The zero-order valence-corrected chi connectivity index (χ0v) is 15.1. The summed E-state index contributed by atoms with van der Waals surface area (Å²) >= 11 is 1.35. The van der Waals surface area contributed by atoms with Gasteiger partial charge in [0.25, 0.3) is 5.91 Å². The summed E-state index contributed by atoms with van der Waals surface area (Å²) in [5, 5.41) is 5.74. The molecule has 0 aliphatic carbocycles. The van der Waals surface area contributed by atoms with E-state index in [1.807, 2.05) is 35.7 Å². The van der Waals surface area contributed by atoms with Crippen LogP contribution in [0.1, 0.15) is 20.8 Å². The van der Waals surface area contributed by atoms with Crippen molar-refractivity contribution in [2.24, 2.45) is 5.10 Å². The Balaban J connectivity index is 1.51. The Labute approximate surface area is 160 Å². The molecule has 6 heteroatoms. The van der Waals surface area contributed by atoms with Gasteiger partial charge in [-0.3, -0.25) is 4.79 Å². The van der Waals surface area contributed by atoms with Crippen LogP contribution >= 0.6 is 11.3 Å². The molecular weight excluding hydrogens is 360 g/mol. The largest absolute Gasteiger partial charge is 0.423 e. The number of hydrogen-bond donors (Lipinski definition) is 1. The van der Waals surface area contributed by atoms with E-state index in [0.717, 1.165) is 11.1 Å². The first-order valence-corrected chi connectivity index (χ1v) is 9.00. The Morgan fingerprint density at radius 1 is 0.926 bits per heavy atom. The van der Waals surface area contributed by atoms with Gasteiger partial charge in [-0.15, -0.1) is 11.3 Å². The molecule has 0 aliphatic rings. The van der Waals surface area contributed by atoms with Crippen LogP contribution in [0.15, 0.2) is 83.3 Å². The number of ether oxygens (including phenoxy) is 1. The first-order valence-electron chi connectivity index (χ1n) is 8.12. The van der Waals surface area contributed by atoms with Gasteiger partial charge < -0.3 is 4.74 Å². The molecule has 3 rings (SSSR count). The highest BCUT2D eigenvalue weighted by Gasteiger charge is 2.04. The van der Waals surface area contributed by atoms with E-state index in [9.17, 15) is 9.59 Å². The lowest BCUT2D eigenvalue weighted by atomic mass is 10.2. The highest BCUT2D eigenvalue weighted by molar-refractivity contribution is 7.12. The van der Waals surface area contributed by atoms with Crippen LogP contribution in [-0.2, 0) is 4.79 Å². The first kappa shape index (κ1) is 18.3. The van der Waals surface area contributed by atoms with Crippen molar-refractivity contribution in [3.8, 4) is 5.75 Å². The minimum absolute atomic E-state index is 0.253. The van der Waals surface area contributed by atoms with Crippen molar-refractivity contribution >= 4 is 35.5 Å². The Morgan fingerprint density at radius 2 is 1.70 bits per heavy atom. The number of nitrogens with one attached hydrogen (secondary N) is 1. The lowest BCUT2D eigenvalue weighted by Gasteiger charge is -2.01. The smallest absolute Gasteiger partial charge is 0.336 e. The van der Waals surface area contributed by atoms with E-state index in [1.165, 1.54) is 23.6 Å². The van der Waals surface area contributed by atoms with Gasteiger partial charge in [-0.2, -0.15) is 5.10 Å². The predicted octanol–water partition coefficient (Wildman–Crippen LogP) is 4.13. The standard InChI is InChI=1S/C21H16N2O3S/c24-20(13-10-16-5-2-1-3-6-16)26-18-11-8-17(9-12-18)15-22-23-21(25)19-7-4-14-27-19/h1-15H,(H,23,25)/b13-10+,22-15-. The van der Waals surface area contributed by atoms with Gasteiger partial charge in [0.2, 0.25) is 0 Å². The van der Waals surface area contributed by atoms with Gasteiger partial charge in [0.1, 0.15) is 5.75 Å². The molecule has 5 nitrogen and oxygen atoms in total. The van der Waals surface area contributed by atoms with E-state index in [-0.39, 0.29) is 5.91 Å². The molecule has 0 saturated heterocycles. The summed E-state index contributed by atoms with van der Waals surface area (Å²) < 4.78 is 5.24. The molecule has 1 amide bonds. The number of thiophene rings is 1. The third kappa shape index (κ3) is 5.76. The lowest BCUT2D eigenvalue weighted by molar-refractivity contribution is -0.128. The van der Waals surface area contributed by atoms with Crippen molar-refractivity contribution in [2.45, 2.75) is 0 Å². The number of hydrogen-bond acceptors (Lipinski definition) is 5. The summed E-state index contributed by atoms with van der Waals surface area (Å²) in [5.74, 6) is -0.280. The van der Waals surface area contributed by atoms with Crippen LogP contribution in [-0.4, -0.2) is 18.1 Å². The summed E-state index contributed by atoms with van der Waals surface area (Å²) in [7, 11) is 0. The molecule has 1 heterocycles. The molecule has 0 atom stereocenters. The van der Waals surface area contributed by atoms with Gasteiger partial charge in [0.05, 0.1) is 11.1 Å². The average Bonchev–Trinajstić information content (AvgIpc) is 3.23. The molecule has 0 spiro atoms. The lowest BCUT2D eigenvalue weighted by Crippen LogP contribution is -2.16. The van der Waals surface area contributed by atoms with E-state index < -0.39 is 5.97 Å². The van der Waals surface area contributed by atoms with Crippen LogP contribution in [0.3, 0.4) is 0 Å². The first-order chi connectivity index (χ1) is 13.2. The minimum atomic E-state index is -0.455. The summed E-state index contributed by atoms with van der Waals surface area (Å²) in [6, 6.07) is 19.8. The second-order valence-corrected chi connectivity index (χ2v) is 6.36. The highest BCUT2D eigenvalue weighted by atomic mass is 32.1. The van der Waals surface area contributed by atoms with Crippen molar-refractivity contribution in [3.63, 3.8) is 0 Å². The predicted molar refractivity (Wildman–Crippen MR) is 107 cm³/mol. The normalized spacial score (nSPS) is 11.0. The van der Waals surface area contributed by atoms with E-state index in [4.69, 9.17) is 4.74 Å². The number of benzene rings is 2. The fraction of sp³-hybridized carbons (Fsp3) is 0. The van der Waals surface area contributed by atoms with Crippen LogP contribution in [0.5, 0.6) is 5.75 Å². The van der Waals surface area contributed by atoms with Gasteiger partial charge in [0, 0.05) is 6.08 Å². The van der Waals surface area contributed by atoms with Crippen LogP contribution in [0.4, 0.5) is 0 Å². The molecule has 0 aliphatic heterocycles. The minimum Gasteiger partial charge on any atom is -0.423 e. The number of rotatable bonds is 6. The van der Waals surface area contributed by atoms with Crippen LogP contribution in [0.25, 0.3) is 6.08 Å². The monoisotopic (exact) mass is 376 g/mol. The third-order valence-electron chi connectivity index (χ3n) is 3.43. The average molecular weight is 376 g/mol. The van der Waals surface area contributed by atoms with Crippen LogP contribution in [0, 0.1) is 0 Å².